The van der Waals surface area contributed by atoms with Gasteiger partial charge in [0.15, 0.2) is 0 Å². The van der Waals surface area contributed by atoms with Gasteiger partial charge in [-0.2, -0.15) is 0 Å². The van der Waals surface area contributed by atoms with Crippen LogP contribution in [0.15, 0.2) is 36.4 Å². The van der Waals surface area contributed by atoms with Crippen LogP contribution < -0.4 is 5.32 Å². The van der Waals surface area contributed by atoms with Crippen molar-refractivity contribution in [2.24, 2.45) is 11.8 Å². The van der Waals surface area contributed by atoms with Crippen LogP contribution in [0.25, 0.3) is 0 Å². The van der Waals surface area contributed by atoms with E-state index in [1.807, 2.05) is 44.2 Å². The topological polar surface area (TPSA) is 86.8 Å². The maximum atomic E-state index is 13.4. The first-order valence-corrected chi connectivity index (χ1v) is 12.6. The van der Waals surface area contributed by atoms with Crippen molar-refractivity contribution in [2.45, 2.75) is 65.0 Å². The van der Waals surface area contributed by atoms with Crippen LogP contribution in [-0.2, 0) is 25.7 Å². The smallest absolute Gasteiger partial charge is 0.242 e. The minimum atomic E-state index is -0.669. The lowest BCUT2D eigenvalue weighted by Gasteiger charge is -2.31. The quantitative estimate of drug-likeness (QED) is 0.293. The zero-order valence-electron chi connectivity index (χ0n) is 20.0. The van der Waals surface area contributed by atoms with Crippen LogP contribution in [0, 0.1) is 11.8 Å². The van der Waals surface area contributed by atoms with Crippen LogP contribution in [0.2, 0.25) is 5.02 Å². The van der Waals surface area contributed by atoms with E-state index in [-0.39, 0.29) is 55.0 Å². The van der Waals surface area contributed by atoms with Gasteiger partial charge < -0.3 is 10.2 Å². The molecule has 3 rings (SSSR count). The van der Waals surface area contributed by atoms with Crippen LogP contribution >= 0.6 is 11.6 Å². The summed E-state index contributed by atoms with van der Waals surface area (Å²) in [5, 5.41) is 3.44. The van der Waals surface area contributed by atoms with Gasteiger partial charge in [-0.1, -0.05) is 62.2 Å². The van der Waals surface area contributed by atoms with Crippen LogP contribution in [-0.4, -0.2) is 52.6 Å². The molecule has 1 aliphatic heterocycles. The molecule has 1 aromatic carbocycles. The molecule has 1 unspecified atom stereocenters. The van der Waals surface area contributed by atoms with Gasteiger partial charge >= 0.3 is 0 Å². The van der Waals surface area contributed by atoms with E-state index >= 15 is 0 Å². The zero-order valence-corrected chi connectivity index (χ0v) is 20.7. The number of fused-ring (bicyclic) bond motifs is 1. The van der Waals surface area contributed by atoms with Crippen LogP contribution in [0.5, 0.6) is 0 Å². The minimum Gasteiger partial charge on any atom is -0.354 e. The summed E-state index contributed by atoms with van der Waals surface area (Å²) in [4.78, 5) is 54.7. The number of allylic oxidation sites excluding steroid dienone is 2. The second-order valence-electron chi connectivity index (χ2n) is 8.92. The number of likely N-dealkylation sites (tertiary alicyclic amines) is 1. The third-order valence-electron chi connectivity index (χ3n) is 6.66. The monoisotopic (exact) mass is 487 g/mol. The zero-order chi connectivity index (χ0) is 24.7. The molecular formula is C26H34ClN3O4. The van der Waals surface area contributed by atoms with Crippen molar-refractivity contribution in [2.75, 3.05) is 13.1 Å². The van der Waals surface area contributed by atoms with Crippen molar-refractivity contribution in [3.63, 3.8) is 0 Å². The van der Waals surface area contributed by atoms with Gasteiger partial charge in [-0.15, -0.1) is 0 Å². The van der Waals surface area contributed by atoms with E-state index < -0.39 is 6.04 Å². The number of halogens is 1. The average Bonchev–Trinajstić information content (AvgIpc) is 3.08. The Balaban J connectivity index is 1.74. The lowest BCUT2D eigenvalue weighted by Crippen LogP contribution is -2.50. The van der Waals surface area contributed by atoms with Gasteiger partial charge in [0.1, 0.15) is 6.04 Å². The first-order valence-electron chi connectivity index (χ1n) is 12.2. The SMILES string of the molecule is CCCCNC(=O)C(CC)N(Cc1ccccc1Cl)C(=O)CCN1C(=O)[C@H]2CC=CC[C@H]2C1=O. The number of benzene rings is 1. The Morgan fingerprint density at radius 1 is 1.12 bits per heavy atom. The van der Waals surface area contributed by atoms with E-state index in [0.717, 1.165) is 18.4 Å². The molecule has 1 N–H and O–H groups in total. The van der Waals surface area contributed by atoms with Crippen LogP contribution in [0.4, 0.5) is 0 Å². The normalized spacial score (nSPS) is 20.3. The number of hydrogen-bond acceptors (Lipinski definition) is 4. The number of nitrogens with zero attached hydrogens (tertiary/aromatic N) is 2. The second kappa shape index (κ2) is 12.2. The number of rotatable bonds is 11. The second-order valence-corrected chi connectivity index (χ2v) is 9.32. The van der Waals surface area contributed by atoms with E-state index in [1.165, 1.54) is 9.80 Å². The fourth-order valence-electron chi connectivity index (χ4n) is 4.68. The molecule has 1 aliphatic carbocycles. The Morgan fingerprint density at radius 3 is 2.35 bits per heavy atom. The van der Waals surface area contributed by atoms with E-state index in [0.29, 0.717) is 30.8 Å². The lowest BCUT2D eigenvalue weighted by atomic mass is 9.85. The number of nitrogens with one attached hydrogen (secondary N) is 1. The first kappa shape index (κ1) is 25.9. The molecule has 184 valence electrons. The Labute approximate surface area is 206 Å². The molecule has 2 aliphatic rings. The van der Waals surface area contributed by atoms with Gasteiger partial charge in [-0.3, -0.25) is 24.1 Å². The molecule has 0 saturated carbocycles. The summed E-state index contributed by atoms with van der Waals surface area (Å²) in [5.74, 6) is -1.53. The summed E-state index contributed by atoms with van der Waals surface area (Å²) >= 11 is 6.35. The van der Waals surface area contributed by atoms with Crippen molar-refractivity contribution in [3.05, 3.63) is 47.0 Å². The van der Waals surface area contributed by atoms with Gasteiger partial charge in [0.2, 0.25) is 23.6 Å². The summed E-state index contributed by atoms with van der Waals surface area (Å²) in [6, 6.07) is 6.56. The molecule has 1 aromatic rings. The van der Waals surface area contributed by atoms with Crippen molar-refractivity contribution in [1.82, 2.24) is 15.1 Å². The van der Waals surface area contributed by atoms with Gasteiger partial charge in [0.05, 0.1) is 11.8 Å². The highest BCUT2D eigenvalue weighted by molar-refractivity contribution is 6.31. The highest BCUT2D eigenvalue weighted by atomic mass is 35.5. The fourth-order valence-corrected chi connectivity index (χ4v) is 4.87. The predicted octanol–water partition coefficient (Wildman–Crippen LogP) is 3.70. The molecule has 8 heteroatoms. The van der Waals surface area contributed by atoms with Gasteiger partial charge in [-0.05, 0) is 37.3 Å². The summed E-state index contributed by atoms with van der Waals surface area (Å²) in [6.07, 6.45) is 7.22. The maximum absolute atomic E-state index is 13.4. The molecule has 1 heterocycles. The molecule has 1 saturated heterocycles. The highest BCUT2D eigenvalue weighted by Crippen LogP contribution is 2.35. The van der Waals surface area contributed by atoms with Crippen LogP contribution in [0.3, 0.4) is 0 Å². The molecule has 0 bridgehead atoms. The van der Waals surface area contributed by atoms with Gasteiger partial charge in [0.25, 0.3) is 0 Å². The first-order chi connectivity index (χ1) is 16.4. The van der Waals surface area contributed by atoms with Crippen LogP contribution in [0.1, 0.15) is 57.9 Å². The van der Waals surface area contributed by atoms with Gasteiger partial charge in [-0.25, -0.2) is 0 Å². The molecule has 34 heavy (non-hydrogen) atoms. The highest BCUT2D eigenvalue weighted by Gasteiger charge is 2.47. The summed E-state index contributed by atoms with van der Waals surface area (Å²) < 4.78 is 0. The number of carbonyl (C=O) groups excluding carboxylic acids is 4. The summed E-state index contributed by atoms with van der Waals surface area (Å²) in [6.45, 7) is 4.66. The Hall–Kier alpha value is -2.67. The fraction of sp³-hybridized carbons (Fsp3) is 0.538. The molecule has 0 spiro atoms. The average molecular weight is 488 g/mol. The number of hydrogen-bond donors (Lipinski definition) is 1. The number of imide groups is 1. The van der Waals surface area contributed by atoms with E-state index in [4.69, 9.17) is 11.6 Å². The number of unbranched alkanes of at least 4 members (excludes halogenated alkanes) is 1. The summed E-state index contributed by atoms with van der Waals surface area (Å²) in [7, 11) is 0. The lowest BCUT2D eigenvalue weighted by molar-refractivity contribution is -0.144. The Morgan fingerprint density at radius 2 is 1.76 bits per heavy atom. The number of amides is 4. The molecule has 1 fully saturated rings. The van der Waals surface area contributed by atoms with E-state index in [9.17, 15) is 19.2 Å². The Bertz CT molecular complexity index is 922. The largest absolute Gasteiger partial charge is 0.354 e. The maximum Gasteiger partial charge on any atom is 0.242 e. The summed E-state index contributed by atoms with van der Waals surface area (Å²) in [5.41, 5.74) is 0.739. The molecule has 0 radical (unpaired) electrons. The number of carbonyl (C=O) groups is 4. The standard InChI is InChI=1S/C26H34ClN3O4/c1-3-5-15-28-24(32)22(4-2)30(17-18-10-6-9-13-21(18)27)23(31)14-16-29-25(33)19-11-7-8-12-20(19)26(29)34/h6-10,13,19-20,22H,3-5,11-12,14-17H2,1-2H3,(H,28,32)/t19-,20+,22?. The van der Waals surface area contributed by atoms with Crippen molar-refractivity contribution < 1.29 is 19.2 Å². The van der Waals surface area contributed by atoms with Gasteiger partial charge in [0, 0.05) is 31.1 Å². The van der Waals surface area contributed by atoms with E-state index in [2.05, 4.69) is 5.32 Å². The Kier molecular flexibility index (Phi) is 9.28. The molecular weight excluding hydrogens is 454 g/mol. The van der Waals surface area contributed by atoms with Crippen molar-refractivity contribution in [1.29, 1.82) is 0 Å². The van der Waals surface area contributed by atoms with Crippen molar-refractivity contribution in [3.8, 4) is 0 Å². The molecule has 0 aromatic heterocycles. The third kappa shape index (κ3) is 5.87. The van der Waals surface area contributed by atoms with Crippen molar-refractivity contribution >= 4 is 35.2 Å². The molecule has 7 nitrogen and oxygen atoms in total. The van der Waals surface area contributed by atoms with E-state index in [1.54, 1.807) is 6.07 Å². The third-order valence-corrected chi connectivity index (χ3v) is 7.03. The minimum absolute atomic E-state index is 0.0242. The molecule has 3 atom stereocenters. The predicted molar refractivity (Wildman–Crippen MR) is 131 cm³/mol. The molecule has 4 amide bonds.